The van der Waals surface area contributed by atoms with Gasteiger partial charge >= 0.3 is 12.1 Å². The first-order valence-electron chi connectivity index (χ1n) is 6.26. The van der Waals surface area contributed by atoms with Gasteiger partial charge < -0.3 is 10.1 Å². The van der Waals surface area contributed by atoms with Crippen molar-refractivity contribution in [2.75, 3.05) is 13.7 Å². The maximum Gasteiger partial charge on any atom is 0.433 e. The maximum atomic E-state index is 12.4. The van der Waals surface area contributed by atoms with Gasteiger partial charge in [-0.3, -0.25) is 9.78 Å². The number of carbonyl (C=O) groups excluding carboxylic acids is 1. The highest BCUT2D eigenvalue weighted by Crippen LogP contribution is 2.31. The van der Waals surface area contributed by atoms with Crippen LogP contribution in [0.4, 0.5) is 13.2 Å². The number of carbonyl (C=O) groups is 1. The molecule has 110 valence electrons. The summed E-state index contributed by atoms with van der Waals surface area (Å²) >= 11 is 0. The first kappa shape index (κ1) is 14.8. The van der Waals surface area contributed by atoms with Crippen LogP contribution in [0.25, 0.3) is 0 Å². The molecule has 1 aliphatic heterocycles. The second-order valence-corrected chi connectivity index (χ2v) is 4.73. The number of hydrogen-bond acceptors (Lipinski definition) is 4. The first-order valence-corrected chi connectivity index (χ1v) is 6.26. The van der Waals surface area contributed by atoms with Crippen LogP contribution < -0.4 is 5.32 Å². The zero-order valence-corrected chi connectivity index (χ0v) is 10.9. The Morgan fingerprint density at radius 1 is 1.45 bits per heavy atom. The Kier molecular flexibility index (Phi) is 4.27. The van der Waals surface area contributed by atoms with Crippen molar-refractivity contribution in [3.8, 4) is 0 Å². The minimum atomic E-state index is -4.44. The quantitative estimate of drug-likeness (QED) is 0.849. The number of nitrogens with zero attached hydrogens (tertiary/aromatic N) is 1. The van der Waals surface area contributed by atoms with Crippen LogP contribution in [0, 0.1) is 5.92 Å². The number of aromatic nitrogens is 1. The molecular weight excluding hydrogens is 273 g/mol. The molecule has 1 aromatic rings. The molecular formula is C13H15F3N2O2. The Bertz CT molecular complexity index is 473. The van der Waals surface area contributed by atoms with Gasteiger partial charge in [-0.1, -0.05) is 6.07 Å². The van der Waals surface area contributed by atoms with E-state index in [4.69, 9.17) is 4.74 Å². The largest absolute Gasteiger partial charge is 0.469 e. The van der Waals surface area contributed by atoms with E-state index < -0.39 is 11.9 Å². The molecule has 1 N–H and O–H groups in total. The highest BCUT2D eigenvalue weighted by atomic mass is 19.4. The molecule has 20 heavy (non-hydrogen) atoms. The van der Waals surface area contributed by atoms with Gasteiger partial charge in [-0.25, -0.2) is 0 Å². The highest BCUT2D eigenvalue weighted by molar-refractivity contribution is 5.72. The molecule has 2 unspecified atom stereocenters. The van der Waals surface area contributed by atoms with Gasteiger partial charge in [0.15, 0.2) is 0 Å². The van der Waals surface area contributed by atoms with Gasteiger partial charge in [-0.05, 0) is 31.0 Å². The molecule has 4 nitrogen and oxygen atoms in total. The summed E-state index contributed by atoms with van der Waals surface area (Å²) in [6, 6.07) is 2.17. The lowest BCUT2D eigenvalue weighted by Crippen LogP contribution is -2.35. The molecule has 1 fully saturated rings. The second-order valence-electron chi connectivity index (χ2n) is 4.73. The normalized spacial score (nSPS) is 23.4. The number of esters is 1. The van der Waals surface area contributed by atoms with E-state index in [1.54, 1.807) is 0 Å². The minimum absolute atomic E-state index is 0.178. The fraction of sp³-hybridized carbons (Fsp3) is 0.538. The zero-order valence-electron chi connectivity index (χ0n) is 10.9. The molecule has 1 aromatic heterocycles. The lowest BCUT2D eigenvalue weighted by atomic mass is 9.89. The van der Waals surface area contributed by atoms with E-state index in [9.17, 15) is 18.0 Å². The van der Waals surface area contributed by atoms with E-state index in [1.165, 1.54) is 19.4 Å². The van der Waals surface area contributed by atoms with Crippen LogP contribution in [0.5, 0.6) is 0 Å². The Labute approximate surface area is 114 Å². The third-order valence-corrected chi connectivity index (χ3v) is 3.42. The van der Waals surface area contributed by atoms with Crippen molar-refractivity contribution < 1.29 is 22.7 Å². The minimum Gasteiger partial charge on any atom is -0.469 e. The topological polar surface area (TPSA) is 51.2 Å². The number of pyridine rings is 1. The van der Waals surface area contributed by atoms with E-state index in [0.717, 1.165) is 6.07 Å². The molecule has 1 saturated heterocycles. The summed E-state index contributed by atoms with van der Waals surface area (Å²) in [5.74, 6) is -0.509. The van der Waals surface area contributed by atoms with Crippen LogP contribution in [-0.2, 0) is 15.7 Å². The summed E-state index contributed by atoms with van der Waals surface area (Å²) in [5, 5.41) is 3.17. The fourth-order valence-corrected chi connectivity index (χ4v) is 2.33. The van der Waals surface area contributed by atoms with Gasteiger partial charge in [-0.15, -0.1) is 0 Å². The molecule has 0 aliphatic carbocycles. The van der Waals surface area contributed by atoms with Crippen molar-refractivity contribution in [2.45, 2.75) is 25.1 Å². The predicted octanol–water partition coefficient (Wildman–Crippen LogP) is 2.31. The SMILES string of the molecule is COC(=O)C1CCNC(c2ccc(C(F)(F)F)nc2)C1. The van der Waals surface area contributed by atoms with E-state index in [1.807, 2.05) is 0 Å². The monoisotopic (exact) mass is 288 g/mol. The van der Waals surface area contributed by atoms with E-state index in [-0.39, 0.29) is 17.9 Å². The molecule has 0 radical (unpaired) electrons. The Morgan fingerprint density at radius 3 is 2.75 bits per heavy atom. The Morgan fingerprint density at radius 2 is 2.20 bits per heavy atom. The fourth-order valence-electron chi connectivity index (χ4n) is 2.33. The summed E-state index contributed by atoms with van der Waals surface area (Å²) < 4.78 is 42.0. The molecule has 0 spiro atoms. The average molecular weight is 288 g/mol. The van der Waals surface area contributed by atoms with Crippen molar-refractivity contribution in [1.29, 1.82) is 0 Å². The Balaban J connectivity index is 2.09. The van der Waals surface area contributed by atoms with E-state index in [0.29, 0.717) is 24.9 Å². The molecule has 2 atom stereocenters. The third kappa shape index (κ3) is 3.27. The summed E-state index contributed by atoms with van der Waals surface area (Å²) in [6.45, 7) is 0.617. The van der Waals surface area contributed by atoms with Crippen molar-refractivity contribution in [3.63, 3.8) is 0 Å². The van der Waals surface area contributed by atoms with Gasteiger partial charge in [0.05, 0.1) is 13.0 Å². The van der Waals surface area contributed by atoms with Crippen LogP contribution in [-0.4, -0.2) is 24.6 Å². The molecule has 0 saturated carbocycles. The summed E-state index contributed by atoms with van der Waals surface area (Å²) in [7, 11) is 1.33. The van der Waals surface area contributed by atoms with E-state index >= 15 is 0 Å². The molecule has 0 amide bonds. The van der Waals surface area contributed by atoms with Gasteiger partial charge in [0, 0.05) is 12.2 Å². The third-order valence-electron chi connectivity index (χ3n) is 3.42. The molecule has 2 rings (SSSR count). The van der Waals surface area contributed by atoms with Crippen LogP contribution in [0.3, 0.4) is 0 Å². The molecule has 0 aromatic carbocycles. The van der Waals surface area contributed by atoms with Crippen molar-refractivity contribution in [3.05, 3.63) is 29.6 Å². The predicted molar refractivity (Wildman–Crippen MR) is 64.7 cm³/mol. The van der Waals surface area contributed by atoms with Gasteiger partial charge in [0.1, 0.15) is 5.69 Å². The van der Waals surface area contributed by atoms with Crippen LogP contribution in [0.1, 0.15) is 30.1 Å². The molecule has 0 bridgehead atoms. The number of methoxy groups -OCH3 is 1. The maximum absolute atomic E-state index is 12.4. The number of rotatable bonds is 2. The Hall–Kier alpha value is -1.63. The standard InChI is InChI=1S/C13H15F3N2O2/c1-20-12(19)8-4-5-17-10(6-8)9-2-3-11(18-7-9)13(14,15)16/h2-3,7-8,10,17H,4-6H2,1H3. The summed E-state index contributed by atoms with van der Waals surface area (Å²) in [6.07, 6.45) is -2.07. The van der Waals surface area contributed by atoms with Crippen molar-refractivity contribution in [2.24, 2.45) is 5.92 Å². The van der Waals surface area contributed by atoms with Crippen LogP contribution in [0.15, 0.2) is 18.3 Å². The smallest absolute Gasteiger partial charge is 0.433 e. The number of alkyl halides is 3. The lowest BCUT2D eigenvalue weighted by Gasteiger charge is -2.29. The number of ether oxygens (including phenoxy) is 1. The van der Waals surface area contributed by atoms with Gasteiger partial charge in [-0.2, -0.15) is 13.2 Å². The zero-order chi connectivity index (χ0) is 14.8. The van der Waals surface area contributed by atoms with Gasteiger partial charge in [0.25, 0.3) is 0 Å². The first-order chi connectivity index (χ1) is 9.41. The molecule has 2 heterocycles. The summed E-state index contributed by atoms with van der Waals surface area (Å²) in [5.41, 5.74) is -0.270. The average Bonchev–Trinajstić information content (AvgIpc) is 2.46. The molecule has 7 heteroatoms. The van der Waals surface area contributed by atoms with Crippen molar-refractivity contribution >= 4 is 5.97 Å². The van der Waals surface area contributed by atoms with E-state index in [2.05, 4.69) is 10.3 Å². The molecule has 1 aliphatic rings. The number of piperidine rings is 1. The summed E-state index contributed by atoms with van der Waals surface area (Å²) in [4.78, 5) is 14.9. The van der Waals surface area contributed by atoms with Gasteiger partial charge in [0.2, 0.25) is 0 Å². The number of hydrogen-bond donors (Lipinski definition) is 1. The number of halogens is 3. The second kappa shape index (κ2) is 5.78. The number of nitrogens with one attached hydrogen (secondary N) is 1. The lowest BCUT2D eigenvalue weighted by molar-refractivity contribution is -0.146. The van der Waals surface area contributed by atoms with Crippen molar-refractivity contribution in [1.82, 2.24) is 10.3 Å². The van der Waals surface area contributed by atoms with Crippen LogP contribution in [0.2, 0.25) is 0 Å². The van der Waals surface area contributed by atoms with Crippen LogP contribution >= 0.6 is 0 Å². The highest BCUT2D eigenvalue weighted by Gasteiger charge is 2.33.